The Morgan fingerprint density at radius 2 is 1.16 bits per heavy atom. The molecular formula is C21H20O10. The van der Waals surface area contributed by atoms with Crippen LogP contribution < -0.4 is 0 Å². The van der Waals surface area contributed by atoms with Gasteiger partial charge in [-0.2, -0.15) is 0 Å². The summed E-state index contributed by atoms with van der Waals surface area (Å²) in [5.41, 5.74) is 0. The lowest BCUT2D eigenvalue weighted by Gasteiger charge is -2.00. The highest BCUT2D eigenvalue weighted by Crippen LogP contribution is 2.27. The molecule has 0 fully saturated rings. The first-order valence-electron chi connectivity index (χ1n) is 8.67. The van der Waals surface area contributed by atoms with E-state index in [-0.39, 0.29) is 40.3 Å². The van der Waals surface area contributed by atoms with Crippen molar-refractivity contribution in [1.82, 2.24) is 0 Å². The lowest BCUT2D eigenvalue weighted by Crippen LogP contribution is -2.00. The minimum atomic E-state index is -0.709. The molecule has 0 aromatic rings. The number of carbonyl (C=O) groups is 3. The van der Waals surface area contributed by atoms with Gasteiger partial charge >= 0.3 is 11.9 Å². The van der Waals surface area contributed by atoms with E-state index in [4.69, 9.17) is 28.4 Å². The minimum Gasteiger partial charge on any atom is -0.508 e. The molecule has 0 bridgehead atoms. The zero-order valence-electron chi connectivity index (χ0n) is 17.2. The summed E-state index contributed by atoms with van der Waals surface area (Å²) in [6.07, 6.45) is 8.66. The van der Waals surface area contributed by atoms with Crippen LogP contribution in [0.3, 0.4) is 0 Å². The van der Waals surface area contributed by atoms with E-state index in [1.165, 1.54) is 58.8 Å². The average molecular weight is 432 g/mol. The summed E-state index contributed by atoms with van der Waals surface area (Å²) in [5.74, 6) is -2.08. The van der Waals surface area contributed by atoms with Gasteiger partial charge in [0.15, 0.2) is 17.3 Å². The summed E-state index contributed by atoms with van der Waals surface area (Å²) in [6.45, 7) is 0. The molecule has 0 unspecified atom stereocenters. The molecule has 2 aliphatic rings. The Morgan fingerprint density at radius 1 is 0.742 bits per heavy atom. The van der Waals surface area contributed by atoms with Gasteiger partial charge in [0.1, 0.15) is 5.76 Å². The molecule has 0 aromatic heterocycles. The SMILES string of the molecule is COC1=C(OC)/C(=C\C=C\C(=O)/C=C(O)/C=C/C=C2/OC(=O)C(OC)=C2OC)OC1=O. The predicted molar refractivity (Wildman–Crippen MR) is 104 cm³/mol. The van der Waals surface area contributed by atoms with Crippen LogP contribution in [0.4, 0.5) is 0 Å². The third-order valence-electron chi connectivity index (χ3n) is 3.77. The molecule has 2 heterocycles. The number of esters is 2. The minimum absolute atomic E-state index is 0.0756. The number of carbonyl (C=O) groups excluding carboxylic acids is 3. The molecule has 2 rings (SSSR count). The van der Waals surface area contributed by atoms with Crippen LogP contribution in [0.5, 0.6) is 0 Å². The number of hydrogen-bond donors (Lipinski definition) is 1. The summed E-state index contributed by atoms with van der Waals surface area (Å²) in [7, 11) is 5.29. The number of hydrogen-bond acceptors (Lipinski definition) is 10. The third kappa shape index (κ3) is 5.44. The number of ether oxygens (including phenoxy) is 6. The van der Waals surface area contributed by atoms with E-state index < -0.39 is 17.7 Å². The van der Waals surface area contributed by atoms with Crippen LogP contribution in [0.15, 0.2) is 82.8 Å². The molecule has 0 saturated heterocycles. The Balaban J connectivity index is 2.04. The van der Waals surface area contributed by atoms with Crippen LogP contribution in [-0.4, -0.2) is 51.3 Å². The first-order valence-corrected chi connectivity index (χ1v) is 8.67. The van der Waals surface area contributed by atoms with E-state index in [1.807, 2.05) is 0 Å². The average Bonchev–Trinajstić information content (AvgIpc) is 3.21. The zero-order valence-corrected chi connectivity index (χ0v) is 17.2. The van der Waals surface area contributed by atoms with Gasteiger partial charge in [-0.3, -0.25) is 4.79 Å². The maximum Gasteiger partial charge on any atom is 0.383 e. The number of methoxy groups -OCH3 is 4. The van der Waals surface area contributed by atoms with Crippen molar-refractivity contribution in [1.29, 1.82) is 0 Å². The molecule has 164 valence electrons. The molecular weight excluding hydrogens is 412 g/mol. The highest BCUT2D eigenvalue weighted by Gasteiger charge is 2.33. The number of aliphatic hydroxyl groups excluding tert-OH is 1. The number of cyclic esters (lactones) is 2. The van der Waals surface area contributed by atoms with Gasteiger partial charge < -0.3 is 33.5 Å². The van der Waals surface area contributed by atoms with Gasteiger partial charge in [0.05, 0.1) is 28.4 Å². The molecule has 0 aliphatic carbocycles. The van der Waals surface area contributed by atoms with Crippen molar-refractivity contribution < 1.29 is 47.9 Å². The van der Waals surface area contributed by atoms with Crippen molar-refractivity contribution >= 4 is 17.7 Å². The van der Waals surface area contributed by atoms with Gasteiger partial charge in [-0.05, 0) is 24.3 Å². The number of rotatable bonds is 9. The van der Waals surface area contributed by atoms with Gasteiger partial charge in [0.2, 0.25) is 11.5 Å². The van der Waals surface area contributed by atoms with Gasteiger partial charge in [0, 0.05) is 6.08 Å². The maximum atomic E-state index is 11.9. The second-order valence-electron chi connectivity index (χ2n) is 5.66. The Labute approximate surface area is 177 Å². The van der Waals surface area contributed by atoms with Gasteiger partial charge in [-0.25, -0.2) is 9.59 Å². The fourth-order valence-electron chi connectivity index (χ4n) is 2.46. The summed E-state index contributed by atoms with van der Waals surface area (Å²) < 4.78 is 29.8. The van der Waals surface area contributed by atoms with Crippen molar-refractivity contribution in [2.45, 2.75) is 0 Å². The second kappa shape index (κ2) is 10.5. The molecule has 31 heavy (non-hydrogen) atoms. The molecule has 0 atom stereocenters. The Morgan fingerprint density at radius 3 is 1.58 bits per heavy atom. The largest absolute Gasteiger partial charge is 0.508 e. The zero-order chi connectivity index (χ0) is 23.0. The normalized spacial score (nSPS) is 19.7. The molecule has 2 aliphatic heterocycles. The molecule has 0 amide bonds. The van der Waals surface area contributed by atoms with Gasteiger partial charge in [0.25, 0.3) is 11.5 Å². The predicted octanol–water partition coefficient (Wildman–Crippen LogP) is 2.00. The summed E-state index contributed by atoms with van der Waals surface area (Å²) in [4.78, 5) is 35.1. The lowest BCUT2D eigenvalue weighted by atomic mass is 10.2. The number of allylic oxidation sites excluding steroid dienone is 7. The van der Waals surface area contributed by atoms with Crippen LogP contribution in [0.1, 0.15) is 0 Å². The molecule has 10 heteroatoms. The van der Waals surface area contributed by atoms with E-state index in [1.54, 1.807) is 0 Å². The van der Waals surface area contributed by atoms with E-state index in [0.717, 1.165) is 12.2 Å². The molecule has 0 spiro atoms. The lowest BCUT2D eigenvalue weighted by molar-refractivity contribution is -0.137. The van der Waals surface area contributed by atoms with Crippen molar-refractivity contribution in [3.8, 4) is 0 Å². The van der Waals surface area contributed by atoms with E-state index in [2.05, 4.69) is 0 Å². The number of aliphatic hydroxyl groups is 1. The molecule has 1 N–H and O–H groups in total. The quantitative estimate of drug-likeness (QED) is 0.250. The summed E-state index contributed by atoms with van der Waals surface area (Å²) in [5, 5.41) is 9.84. The van der Waals surface area contributed by atoms with Crippen LogP contribution in [0.25, 0.3) is 0 Å². The van der Waals surface area contributed by atoms with Crippen molar-refractivity contribution in [3.63, 3.8) is 0 Å². The fourth-order valence-corrected chi connectivity index (χ4v) is 2.46. The highest BCUT2D eigenvalue weighted by atomic mass is 16.6. The van der Waals surface area contributed by atoms with Crippen LogP contribution >= 0.6 is 0 Å². The first-order chi connectivity index (χ1) is 14.9. The summed E-state index contributed by atoms with van der Waals surface area (Å²) in [6, 6.07) is 0. The van der Waals surface area contributed by atoms with Gasteiger partial charge in [-0.1, -0.05) is 12.2 Å². The first kappa shape index (κ1) is 23.1. The van der Waals surface area contributed by atoms with E-state index in [0.29, 0.717) is 0 Å². The Hall–Kier alpha value is -4.21. The maximum absolute atomic E-state index is 11.9. The molecule has 0 radical (unpaired) electrons. The van der Waals surface area contributed by atoms with E-state index in [9.17, 15) is 19.5 Å². The third-order valence-corrected chi connectivity index (χ3v) is 3.77. The molecule has 10 nitrogen and oxygen atoms in total. The standard InChI is InChI=1S/C21H20O10/c1-26-16-14(30-20(24)18(16)28-3)9-5-7-12(22)11-13(23)8-6-10-15-17(27-2)19(29-4)21(25)31-15/h5-11,22H,1-4H3/b7-5+,8-6+,12-11-,14-9+,15-10+. The molecule has 0 saturated carbocycles. The van der Waals surface area contributed by atoms with Crippen LogP contribution in [0, 0.1) is 0 Å². The fraction of sp³-hybridized carbons (Fsp3) is 0.190. The monoisotopic (exact) mass is 432 g/mol. The van der Waals surface area contributed by atoms with Crippen LogP contribution in [0.2, 0.25) is 0 Å². The Kier molecular flexibility index (Phi) is 7.84. The smallest absolute Gasteiger partial charge is 0.383 e. The highest BCUT2D eigenvalue weighted by molar-refractivity contribution is 6.00. The van der Waals surface area contributed by atoms with Crippen molar-refractivity contribution in [2.75, 3.05) is 28.4 Å². The van der Waals surface area contributed by atoms with Gasteiger partial charge in [-0.15, -0.1) is 0 Å². The van der Waals surface area contributed by atoms with E-state index >= 15 is 0 Å². The summed E-state index contributed by atoms with van der Waals surface area (Å²) >= 11 is 0. The number of ketones is 1. The van der Waals surface area contributed by atoms with Crippen molar-refractivity contribution in [2.24, 2.45) is 0 Å². The molecule has 0 aromatic carbocycles. The topological polar surface area (TPSA) is 127 Å². The van der Waals surface area contributed by atoms with Crippen molar-refractivity contribution in [3.05, 3.63) is 82.8 Å². The van der Waals surface area contributed by atoms with Crippen LogP contribution in [-0.2, 0) is 42.8 Å². The second-order valence-corrected chi connectivity index (χ2v) is 5.66. The Bertz CT molecular complexity index is 986.